The van der Waals surface area contributed by atoms with E-state index in [9.17, 15) is 5.11 Å². The van der Waals surface area contributed by atoms with Gasteiger partial charge in [0.2, 0.25) is 0 Å². The second kappa shape index (κ2) is 5.64. The molecule has 0 amide bonds. The largest absolute Gasteiger partial charge is 0.396 e. The van der Waals surface area contributed by atoms with Crippen LogP contribution in [0.25, 0.3) is 0 Å². The first-order valence-corrected chi connectivity index (χ1v) is 5.56. The van der Waals surface area contributed by atoms with Crippen molar-refractivity contribution in [1.82, 2.24) is 0 Å². The average molecular weight is 186 g/mol. The van der Waals surface area contributed by atoms with Gasteiger partial charge in [-0.15, -0.1) is 0 Å². The maximum atomic E-state index is 9.30. The normalized spacial score (nSPS) is 15.0. The second-order valence-electron chi connectivity index (χ2n) is 5.16. The highest BCUT2D eigenvalue weighted by Gasteiger charge is 2.25. The lowest BCUT2D eigenvalue weighted by atomic mass is 9.75. The number of aliphatic hydroxyl groups is 1. The van der Waals surface area contributed by atoms with Crippen molar-refractivity contribution in [1.29, 1.82) is 0 Å². The van der Waals surface area contributed by atoms with Crippen molar-refractivity contribution in [3.63, 3.8) is 0 Å². The minimum atomic E-state index is 0.247. The minimum Gasteiger partial charge on any atom is -0.396 e. The Morgan fingerprint density at radius 1 is 1.08 bits per heavy atom. The van der Waals surface area contributed by atoms with Crippen molar-refractivity contribution < 1.29 is 5.11 Å². The van der Waals surface area contributed by atoms with E-state index in [0.29, 0.717) is 12.5 Å². The maximum absolute atomic E-state index is 9.30. The predicted octanol–water partition coefficient (Wildman–Crippen LogP) is 3.47. The quantitative estimate of drug-likeness (QED) is 0.697. The molecule has 0 aliphatic carbocycles. The molecular formula is C12H26O. The van der Waals surface area contributed by atoms with E-state index in [1.54, 1.807) is 0 Å². The fraction of sp³-hybridized carbons (Fsp3) is 1.00. The van der Waals surface area contributed by atoms with Crippen molar-refractivity contribution in [2.45, 2.75) is 53.9 Å². The van der Waals surface area contributed by atoms with Crippen LogP contribution in [0.2, 0.25) is 0 Å². The first-order valence-electron chi connectivity index (χ1n) is 5.56. The monoisotopic (exact) mass is 186 g/mol. The van der Waals surface area contributed by atoms with Gasteiger partial charge in [0.05, 0.1) is 0 Å². The lowest BCUT2D eigenvalue weighted by molar-refractivity contribution is 0.105. The van der Waals surface area contributed by atoms with Gasteiger partial charge in [-0.1, -0.05) is 47.5 Å². The number of rotatable bonds is 5. The van der Waals surface area contributed by atoms with Crippen molar-refractivity contribution in [3.8, 4) is 0 Å². The summed E-state index contributed by atoms with van der Waals surface area (Å²) in [7, 11) is 0. The molecule has 0 fully saturated rings. The summed E-state index contributed by atoms with van der Waals surface area (Å²) in [5.41, 5.74) is 0.247. The van der Waals surface area contributed by atoms with Crippen molar-refractivity contribution in [3.05, 3.63) is 0 Å². The number of hydrogen-bond donors (Lipinski definition) is 1. The van der Waals surface area contributed by atoms with Gasteiger partial charge >= 0.3 is 0 Å². The molecule has 1 heteroatoms. The molecule has 0 aromatic carbocycles. The van der Waals surface area contributed by atoms with Crippen LogP contribution in [0, 0.1) is 17.3 Å². The van der Waals surface area contributed by atoms with Gasteiger partial charge in [0.15, 0.2) is 0 Å². The van der Waals surface area contributed by atoms with Crippen molar-refractivity contribution in [2.24, 2.45) is 17.3 Å². The van der Waals surface area contributed by atoms with E-state index in [1.165, 1.54) is 19.3 Å². The Morgan fingerprint density at radius 2 is 1.54 bits per heavy atom. The molecule has 13 heavy (non-hydrogen) atoms. The van der Waals surface area contributed by atoms with Crippen LogP contribution < -0.4 is 0 Å². The van der Waals surface area contributed by atoms with Crippen LogP contribution in [0.1, 0.15) is 53.9 Å². The molecule has 0 bridgehead atoms. The molecule has 1 unspecified atom stereocenters. The van der Waals surface area contributed by atoms with Gasteiger partial charge < -0.3 is 5.11 Å². The first kappa shape index (κ1) is 13.0. The molecule has 0 saturated carbocycles. The van der Waals surface area contributed by atoms with Crippen LogP contribution in [0.5, 0.6) is 0 Å². The molecule has 0 aliphatic heterocycles. The zero-order valence-electron chi connectivity index (χ0n) is 9.93. The van der Waals surface area contributed by atoms with Crippen LogP contribution in [-0.4, -0.2) is 11.7 Å². The number of aliphatic hydroxyl groups excluding tert-OH is 1. The first-order chi connectivity index (χ1) is 5.95. The molecular weight excluding hydrogens is 160 g/mol. The Morgan fingerprint density at radius 3 is 1.77 bits per heavy atom. The van der Waals surface area contributed by atoms with E-state index in [2.05, 4.69) is 34.6 Å². The maximum Gasteiger partial charge on any atom is 0.0464 e. The highest BCUT2D eigenvalue weighted by molar-refractivity contribution is 4.75. The third kappa shape index (κ3) is 4.66. The van der Waals surface area contributed by atoms with Gasteiger partial charge in [0.1, 0.15) is 0 Å². The average Bonchev–Trinajstić information content (AvgIpc) is 2.04. The number of hydrogen-bond acceptors (Lipinski definition) is 1. The summed E-state index contributed by atoms with van der Waals surface area (Å²) in [4.78, 5) is 0. The van der Waals surface area contributed by atoms with E-state index >= 15 is 0 Å². The molecule has 1 atom stereocenters. The fourth-order valence-electron chi connectivity index (χ4n) is 1.73. The highest BCUT2D eigenvalue weighted by Crippen LogP contribution is 2.32. The predicted molar refractivity (Wildman–Crippen MR) is 58.7 cm³/mol. The van der Waals surface area contributed by atoms with E-state index in [-0.39, 0.29) is 5.41 Å². The molecule has 0 aromatic heterocycles. The summed E-state index contributed by atoms with van der Waals surface area (Å²) in [6.07, 6.45) is 3.65. The van der Waals surface area contributed by atoms with Gasteiger partial charge in [0.25, 0.3) is 0 Å². The Hall–Kier alpha value is -0.0400. The molecule has 0 aliphatic rings. The Labute approximate surface area is 83.5 Å². The minimum absolute atomic E-state index is 0.247. The van der Waals surface area contributed by atoms with Crippen LogP contribution in [0.15, 0.2) is 0 Å². The molecule has 0 heterocycles. The highest BCUT2D eigenvalue weighted by atomic mass is 16.3. The molecule has 0 spiro atoms. The Balaban J connectivity index is 4.11. The molecule has 1 nitrogen and oxygen atoms in total. The van der Waals surface area contributed by atoms with E-state index < -0.39 is 0 Å². The lowest BCUT2D eigenvalue weighted by Crippen LogP contribution is -2.26. The van der Waals surface area contributed by atoms with Gasteiger partial charge in [-0.3, -0.25) is 0 Å². The summed E-state index contributed by atoms with van der Waals surface area (Å²) in [5.74, 6) is 1.24. The molecule has 0 radical (unpaired) electrons. The topological polar surface area (TPSA) is 20.2 Å². The van der Waals surface area contributed by atoms with E-state index in [0.717, 1.165) is 5.92 Å². The van der Waals surface area contributed by atoms with Crippen LogP contribution in [0.3, 0.4) is 0 Å². The van der Waals surface area contributed by atoms with Crippen molar-refractivity contribution >= 4 is 0 Å². The standard InChI is InChI=1S/C12H26O/c1-6-10(7-2)8-11(9-13)12(3,4)5/h10-11,13H,6-9H2,1-5H3. The van der Waals surface area contributed by atoms with Crippen LogP contribution >= 0.6 is 0 Å². The molecule has 0 saturated heterocycles. The molecule has 1 N–H and O–H groups in total. The third-order valence-corrected chi connectivity index (χ3v) is 3.22. The Bertz CT molecular complexity index is 120. The van der Waals surface area contributed by atoms with Gasteiger partial charge in [-0.25, -0.2) is 0 Å². The zero-order valence-corrected chi connectivity index (χ0v) is 9.93. The smallest absolute Gasteiger partial charge is 0.0464 e. The molecule has 0 aromatic rings. The van der Waals surface area contributed by atoms with Gasteiger partial charge in [-0.05, 0) is 23.7 Å². The summed E-state index contributed by atoms with van der Waals surface area (Å²) in [6.45, 7) is 11.5. The summed E-state index contributed by atoms with van der Waals surface area (Å²) in [6, 6.07) is 0. The molecule has 0 rings (SSSR count). The van der Waals surface area contributed by atoms with E-state index in [1.807, 2.05) is 0 Å². The Kier molecular flexibility index (Phi) is 5.62. The molecule has 80 valence electrons. The SMILES string of the molecule is CCC(CC)CC(CO)C(C)(C)C. The summed E-state index contributed by atoms with van der Waals surface area (Å²) < 4.78 is 0. The van der Waals surface area contributed by atoms with E-state index in [4.69, 9.17) is 0 Å². The lowest BCUT2D eigenvalue weighted by Gasteiger charge is -2.31. The van der Waals surface area contributed by atoms with Gasteiger partial charge in [-0.2, -0.15) is 0 Å². The zero-order chi connectivity index (χ0) is 10.5. The fourth-order valence-corrected chi connectivity index (χ4v) is 1.73. The second-order valence-corrected chi connectivity index (χ2v) is 5.16. The van der Waals surface area contributed by atoms with Gasteiger partial charge in [0, 0.05) is 6.61 Å². The van der Waals surface area contributed by atoms with Crippen LogP contribution in [-0.2, 0) is 0 Å². The van der Waals surface area contributed by atoms with Crippen molar-refractivity contribution in [2.75, 3.05) is 6.61 Å². The summed E-state index contributed by atoms with van der Waals surface area (Å²) >= 11 is 0. The third-order valence-electron chi connectivity index (χ3n) is 3.22. The summed E-state index contributed by atoms with van der Waals surface area (Å²) in [5, 5.41) is 9.30. The van der Waals surface area contributed by atoms with Crippen LogP contribution in [0.4, 0.5) is 0 Å².